The summed E-state index contributed by atoms with van der Waals surface area (Å²) < 4.78 is 0. The first kappa shape index (κ1) is 43.6. The Labute approximate surface area is 380 Å². The molecule has 9 rings (SSSR count). The van der Waals surface area contributed by atoms with Gasteiger partial charge < -0.3 is 9.97 Å². The monoisotopic (exact) mass is 850 g/mol. The van der Waals surface area contributed by atoms with Gasteiger partial charge in [-0.05, 0) is 79.7 Å². The number of rotatable bonds is 20. The Morgan fingerprint density at radius 1 is 0.375 bits per heavy atom. The Bertz CT molecular complexity index is 2720. The number of aromatic amines is 2. The molecule has 3 aromatic heterocycles. The average molecular weight is 850 g/mol. The van der Waals surface area contributed by atoms with Gasteiger partial charge in [0.2, 0.25) is 0 Å². The highest BCUT2D eigenvalue weighted by molar-refractivity contribution is 6.09. The van der Waals surface area contributed by atoms with Gasteiger partial charge >= 0.3 is 0 Å². The summed E-state index contributed by atoms with van der Waals surface area (Å²) in [5.41, 5.74) is 14.0. The van der Waals surface area contributed by atoms with E-state index in [4.69, 9.17) is 24.9 Å². The number of fused-ring (bicyclic) bond motifs is 20. The van der Waals surface area contributed by atoms with Gasteiger partial charge in [0.1, 0.15) is 16.9 Å². The van der Waals surface area contributed by atoms with Crippen LogP contribution in [0, 0.1) is 0 Å². The van der Waals surface area contributed by atoms with E-state index in [-0.39, 0.29) is 0 Å². The van der Waals surface area contributed by atoms with Gasteiger partial charge in [-0.15, -0.1) is 0 Å². The zero-order valence-electron chi connectivity index (χ0n) is 38.9. The summed E-state index contributed by atoms with van der Waals surface area (Å²) in [5.74, 6) is 2.18. The molecular formula is C57H67N7. The van der Waals surface area contributed by atoms with Crippen molar-refractivity contribution in [3.05, 3.63) is 101 Å². The fourth-order valence-electron chi connectivity index (χ4n) is 10.2. The minimum Gasteiger partial charge on any atom is -0.339 e. The van der Waals surface area contributed by atoms with E-state index in [1.165, 1.54) is 105 Å². The Balaban J connectivity index is 1.36. The van der Waals surface area contributed by atoms with Crippen molar-refractivity contribution in [3.8, 4) is 45.4 Å². The quantitative estimate of drug-likeness (QED) is 0.0745. The molecule has 2 N–H and O–H groups in total. The number of nitrogens with one attached hydrogen (secondary N) is 2. The minimum atomic E-state index is 0.690. The van der Waals surface area contributed by atoms with Crippen LogP contribution in [0.1, 0.15) is 153 Å². The Morgan fingerprint density at radius 3 is 1.42 bits per heavy atom. The van der Waals surface area contributed by atoms with Crippen molar-refractivity contribution in [1.29, 1.82) is 0 Å². The number of unbranched alkanes of at least 4 members (excludes halogenated alkanes) is 12. The van der Waals surface area contributed by atoms with Crippen molar-refractivity contribution in [1.82, 2.24) is 34.9 Å². The number of H-pyrrole nitrogens is 2. The molecule has 0 saturated heterocycles. The summed E-state index contributed by atoms with van der Waals surface area (Å²) in [5, 5.41) is 4.53. The standard InChI is InChI=1S/C57H67N7/c1-5-9-13-17-25-38-29-21-33-42-46-37-47-43-34-22-30-39(26-18-14-10-6-2)49(43)55(59-47)64-57-51-41(28-20-16-12-8-4)32-24-36-45(51)53(62-57)60-52-44-35-23-31-40(27-19-15-11-7-3)50(44)56(61-52)63-54(58-46)48(38)42/h21-24,29-37H,5-20,25-28H2,1-4H3,(H2,58,59,60,61,62,63,64). The van der Waals surface area contributed by atoms with Crippen LogP contribution in [0.5, 0.6) is 0 Å². The average Bonchev–Trinajstić information content (AvgIpc) is 4.06. The third kappa shape index (κ3) is 9.01. The van der Waals surface area contributed by atoms with Gasteiger partial charge in [0.25, 0.3) is 0 Å². The minimum absolute atomic E-state index is 0.690. The van der Waals surface area contributed by atoms with Gasteiger partial charge in [0.15, 0.2) is 17.5 Å². The van der Waals surface area contributed by atoms with E-state index in [0.717, 1.165) is 130 Å². The molecule has 5 heterocycles. The molecule has 0 aliphatic carbocycles. The molecule has 2 aliphatic rings. The molecule has 0 spiro atoms. The molecule has 0 unspecified atom stereocenters. The number of hydrogen-bond acceptors (Lipinski definition) is 5. The lowest BCUT2D eigenvalue weighted by Crippen LogP contribution is -1.93. The van der Waals surface area contributed by atoms with E-state index in [2.05, 4.69) is 117 Å². The van der Waals surface area contributed by atoms with Gasteiger partial charge in [-0.3, -0.25) is 0 Å². The highest BCUT2D eigenvalue weighted by Crippen LogP contribution is 2.42. The first-order valence-electron chi connectivity index (χ1n) is 25.0. The van der Waals surface area contributed by atoms with Gasteiger partial charge in [-0.1, -0.05) is 178 Å². The second kappa shape index (κ2) is 20.4. The molecular weight excluding hydrogens is 783 g/mol. The van der Waals surface area contributed by atoms with E-state index in [0.29, 0.717) is 5.82 Å². The van der Waals surface area contributed by atoms with Crippen molar-refractivity contribution in [3.63, 3.8) is 0 Å². The summed E-state index contributed by atoms with van der Waals surface area (Å²) in [6.45, 7) is 9.11. The smallest absolute Gasteiger partial charge is 0.165 e. The number of aromatic nitrogens is 7. The van der Waals surface area contributed by atoms with Crippen LogP contribution in [0.3, 0.4) is 0 Å². The SMILES string of the molecule is CCCCCCc1cccc2c1-c1nc-2cc2[nH]c(nc3nc(nc4[nH]c(n1)c1c(CCCCCC)cccc41)-c1cccc(CCCCCC)c1-3)c1c(CCCCCC)cccc21. The van der Waals surface area contributed by atoms with E-state index in [1.54, 1.807) is 0 Å². The fourth-order valence-corrected chi connectivity index (χ4v) is 10.2. The molecule has 0 saturated carbocycles. The molecule has 0 fully saturated rings. The highest BCUT2D eigenvalue weighted by Gasteiger charge is 2.25. The Hall–Kier alpha value is -5.69. The van der Waals surface area contributed by atoms with Crippen LogP contribution in [0.25, 0.3) is 89.4 Å². The van der Waals surface area contributed by atoms with Crippen molar-refractivity contribution in [2.75, 3.05) is 0 Å². The predicted octanol–water partition coefficient (Wildman–Crippen LogP) is 16.0. The van der Waals surface area contributed by atoms with Gasteiger partial charge in [0, 0.05) is 49.3 Å². The topological polar surface area (TPSA) is 96.0 Å². The fraction of sp³-hybridized carbons (Fsp3) is 0.421. The number of nitrogens with zero attached hydrogens (tertiary/aromatic N) is 5. The lowest BCUT2D eigenvalue weighted by atomic mass is 9.96. The summed E-state index contributed by atoms with van der Waals surface area (Å²) in [6.07, 6.45) is 23.2. The third-order valence-electron chi connectivity index (χ3n) is 13.6. The third-order valence-corrected chi connectivity index (χ3v) is 13.6. The van der Waals surface area contributed by atoms with Crippen LogP contribution in [-0.2, 0) is 25.7 Å². The predicted molar refractivity (Wildman–Crippen MR) is 270 cm³/mol. The Kier molecular flexibility index (Phi) is 13.9. The van der Waals surface area contributed by atoms with E-state index in [1.807, 2.05) is 0 Å². The number of benzene rings is 4. The lowest BCUT2D eigenvalue weighted by molar-refractivity contribution is 0.667. The molecule has 7 heteroatoms. The molecule has 2 aliphatic heterocycles. The molecule has 0 amide bonds. The van der Waals surface area contributed by atoms with Crippen LogP contribution in [0.4, 0.5) is 0 Å². The first-order chi connectivity index (χ1) is 31.6. The molecule has 7 nitrogen and oxygen atoms in total. The second-order valence-electron chi connectivity index (χ2n) is 18.4. The maximum absolute atomic E-state index is 5.59. The summed E-state index contributed by atoms with van der Waals surface area (Å²) in [7, 11) is 0. The van der Waals surface area contributed by atoms with E-state index < -0.39 is 0 Å². The van der Waals surface area contributed by atoms with E-state index >= 15 is 0 Å². The van der Waals surface area contributed by atoms with Gasteiger partial charge in [0.05, 0.1) is 5.69 Å². The maximum atomic E-state index is 5.59. The largest absolute Gasteiger partial charge is 0.339 e. The zero-order valence-corrected chi connectivity index (χ0v) is 38.9. The molecule has 0 radical (unpaired) electrons. The van der Waals surface area contributed by atoms with E-state index in [9.17, 15) is 0 Å². The van der Waals surface area contributed by atoms with Crippen LogP contribution in [-0.4, -0.2) is 34.9 Å². The van der Waals surface area contributed by atoms with Crippen LogP contribution in [0.2, 0.25) is 0 Å². The van der Waals surface area contributed by atoms with Gasteiger partial charge in [-0.2, -0.15) is 0 Å². The molecule has 64 heavy (non-hydrogen) atoms. The highest BCUT2D eigenvalue weighted by atomic mass is 15.0. The molecule has 0 atom stereocenters. The molecule has 330 valence electrons. The summed E-state index contributed by atoms with van der Waals surface area (Å²) in [4.78, 5) is 35.2. The van der Waals surface area contributed by atoms with Crippen LogP contribution >= 0.6 is 0 Å². The van der Waals surface area contributed by atoms with Crippen LogP contribution < -0.4 is 0 Å². The summed E-state index contributed by atoms with van der Waals surface area (Å²) >= 11 is 0. The van der Waals surface area contributed by atoms with Crippen LogP contribution in [0.15, 0.2) is 78.9 Å². The molecule has 7 aromatic rings. The second-order valence-corrected chi connectivity index (χ2v) is 18.4. The molecule has 4 aromatic carbocycles. The molecule has 8 bridgehead atoms. The van der Waals surface area contributed by atoms with Crippen molar-refractivity contribution in [2.24, 2.45) is 0 Å². The maximum Gasteiger partial charge on any atom is 0.165 e. The normalized spacial score (nSPS) is 12.1. The lowest BCUT2D eigenvalue weighted by Gasteiger charge is -2.08. The summed E-state index contributed by atoms with van der Waals surface area (Å²) in [6, 6.07) is 29.1. The van der Waals surface area contributed by atoms with Gasteiger partial charge in [-0.25, -0.2) is 24.9 Å². The number of aryl methyl sites for hydroxylation is 4. The van der Waals surface area contributed by atoms with Crippen molar-refractivity contribution < 1.29 is 0 Å². The Morgan fingerprint density at radius 2 is 0.828 bits per heavy atom. The zero-order chi connectivity index (χ0) is 43.8. The first-order valence-corrected chi connectivity index (χ1v) is 25.0. The van der Waals surface area contributed by atoms with Crippen molar-refractivity contribution >= 4 is 44.0 Å². The van der Waals surface area contributed by atoms with Crippen molar-refractivity contribution in [2.45, 2.75) is 156 Å². The number of hydrogen-bond donors (Lipinski definition) is 2.